The van der Waals surface area contributed by atoms with Crippen molar-refractivity contribution < 1.29 is 23.5 Å². The van der Waals surface area contributed by atoms with Crippen molar-refractivity contribution in [3.8, 4) is 0 Å². The van der Waals surface area contributed by atoms with Crippen molar-refractivity contribution in [2.45, 2.75) is 50.1 Å². The van der Waals surface area contributed by atoms with E-state index in [1.165, 1.54) is 23.1 Å². The molecule has 194 valence electrons. The van der Waals surface area contributed by atoms with Gasteiger partial charge in [-0.1, -0.05) is 18.2 Å². The van der Waals surface area contributed by atoms with Gasteiger partial charge in [-0.2, -0.15) is 0 Å². The van der Waals surface area contributed by atoms with E-state index in [9.17, 15) is 23.5 Å². The number of hydrogen-bond donors (Lipinski definition) is 3. The number of hydrogen-bond acceptors (Lipinski definition) is 3. The third-order valence-electron chi connectivity index (χ3n) is 7.82. The second-order valence-electron chi connectivity index (χ2n) is 10.2. The molecule has 3 aromatic rings. The number of nitrogens with one attached hydrogen (secondary N) is 2. The molecule has 2 heterocycles. The Labute approximate surface area is 214 Å². The quantitative estimate of drug-likeness (QED) is 0.390. The highest BCUT2D eigenvalue weighted by atomic mass is 19.1. The van der Waals surface area contributed by atoms with E-state index in [4.69, 9.17) is 0 Å². The predicted octanol–water partition coefficient (Wildman–Crippen LogP) is 5.08. The van der Waals surface area contributed by atoms with E-state index in [2.05, 4.69) is 33.5 Å². The van der Waals surface area contributed by atoms with E-state index in [0.717, 1.165) is 56.1 Å². The Kier molecular flexibility index (Phi) is 7.37. The molecule has 2 fully saturated rings. The molecule has 1 saturated heterocycles. The number of nitrogens with zero attached hydrogens (tertiary/aromatic N) is 1. The van der Waals surface area contributed by atoms with Crippen LogP contribution in [0.15, 0.2) is 54.7 Å². The Morgan fingerprint density at radius 1 is 1.05 bits per heavy atom. The van der Waals surface area contributed by atoms with Crippen LogP contribution in [0.25, 0.3) is 17.0 Å². The molecule has 1 aliphatic heterocycles. The van der Waals surface area contributed by atoms with Crippen molar-refractivity contribution in [3.63, 3.8) is 0 Å². The summed E-state index contributed by atoms with van der Waals surface area (Å²) in [6.07, 6.45) is 8.54. The summed E-state index contributed by atoms with van der Waals surface area (Å²) in [5.41, 5.74) is 2.69. The summed E-state index contributed by atoms with van der Waals surface area (Å²) in [6.45, 7) is 1.45. The van der Waals surface area contributed by atoms with E-state index in [0.29, 0.717) is 18.8 Å². The molecular weight excluding hydrogens is 476 g/mol. The number of piperidine rings is 1. The van der Waals surface area contributed by atoms with Crippen molar-refractivity contribution in [2.24, 2.45) is 5.92 Å². The molecule has 6 nitrogen and oxygen atoms in total. The van der Waals surface area contributed by atoms with Crippen molar-refractivity contribution in [2.75, 3.05) is 13.1 Å². The average molecular weight is 508 g/mol. The molecule has 3 N–H and O–H groups in total. The van der Waals surface area contributed by atoms with Crippen molar-refractivity contribution in [1.82, 2.24) is 15.2 Å². The number of rotatable bonds is 7. The first-order valence-corrected chi connectivity index (χ1v) is 12.8. The molecule has 37 heavy (non-hydrogen) atoms. The van der Waals surface area contributed by atoms with Gasteiger partial charge in [-0.15, -0.1) is 0 Å². The fourth-order valence-electron chi connectivity index (χ4n) is 6.10. The number of aliphatic carboxylic acids is 1. The number of aromatic nitrogens is 1. The second kappa shape index (κ2) is 10.8. The van der Waals surface area contributed by atoms with Gasteiger partial charge in [-0.3, -0.25) is 14.5 Å². The molecular formula is C29H31F2N3O3. The number of carboxylic acid groups (broad SMARTS) is 1. The fourth-order valence-corrected chi connectivity index (χ4v) is 6.10. The number of carbonyl (C=O) groups excluding carboxylic acids is 1. The zero-order chi connectivity index (χ0) is 25.9. The second-order valence-corrected chi connectivity index (χ2v) is 10.2. The molecule has 3 atom stereocenters. The minimum Gasteiger partial charge on any atom is -0.480 e. The third-order valence-corrected chi connectivity index (χ3v) is 7.82. The summed E-state index contributed by atoms with van der Waals surface area (Å²) < 4.78 is 26.7. The first kappa shape index (κ1) is 25.1. The predicted molar refractivity (Wildman–Crippen MR) is 138 cm³/mol. The maximum Gasteiger partial charge on any atom is 0.321 e. The highest BCUT2D eigenvalue weighted by Crippen LogP contribution is 2.37. The molecule has 1 amide bonds. The monoisotopic (exact) mass is 507 g/mol. The summed E-state index contributed by atoms with van der Waals surface area (Å²) in [6, 6.07) is 10.6. The topological polar surface area (TPSA) is 85.4 Å². The van der Waals surface area contributed by atoms with Crippen molar-refractivity contribution in [3.05, 3.63) is 77.5 Å². The number of aromatic amines is 1. The van der Waals surface area contributed by atoms with E-state index in [1.54, 1.807) is 0 Å². The fraction of sp³-hybridized carbons (Fsp3) is 0.379. The lowest BCUT2D eigenvalue weighted by molar-refractivity contribution is -0.146. The minimum absolute atomic E-state index is 0.0475. The first-order valence-electron chi connectivity index (χ1n) is 12.8. The van der Waals surface area contributed by atoms with E-state index < -0.39 is 23.6 Å². The zero-order valence-electron chi connectivity index (χ0n) is 20.5. The molecule has 0 radical (unpaired) electrons. The van der Waals surface area contributed by atoms with Crippen LogP contribution in [0.4, 0.5) is 8.78 Å². The highest BCUT2D eigenvalue weighted by Gasteiger charge is 2.40. The van der Waals surface area contributed by atoms with Crippen LogP contribution < -0.4 is 5.32 Å². The summed E-state index contributed by atoms with van der Waals surface area (Å²) >= 11 is 0. The Bertz CT molecular complexity index is 1290. The Hall–Kier alpha value is -3.52. The number of fused-ring (bicyclic) bond motifs is 1. The van der Waals surface area contributed by atoms with Gasteiger partial charge in [0.2, 0.25) is 5.91 Å². The lowest BCUT2D eigenvalue weighted by Gasteiger charge is -2.38. The largest absolute Gasteiger partial charge is 0.480 e. The number of halogens is 2. The lowest BCUT2D eigenvalue weighted by Crippen LogP contribution is -2.49. The molecule has 5 rings (SSSR count). The number of amides is 1. The van der Waals surface area contributed by atoms with Gasteiger partial charge in [0.25, 0.3) is 0 Å². The average Bonchev–Trinajstić information content (AvgIpc) is 3.50. The summed E-state index contributed by atoms with van der Waals surface area (Å²) in [5.74, 6) is -2.23. The number of benzene rings is 2. The van der Waals surface area contributed by atoms with Crippen LogP contribution in [0.1, 0.15) is 49.1 Å². The van der Waals surface area contributed by atoms with Gasteiger partial charge in [0, 0.05) is 35.3 Å². The Balaban J connectivity index is 1.16. The van der Waals surface area contributed by atoms with Crippen LogP contribution >= 0.6 is 0 Å². The van der Waals surface area contributed by atoms with Crippen LogP contribution in [0.3, 0.4) is 0 Å². The van der Waals surface area contributed by atoms with Gasteiger partial charge in [-0.25, -0.2) is 8.78 Å². The van der Waals surface area contributed by atoms with Gasteiger partial charge in [0.05, 0.1) is 0 Å². The number of likely N-dealkylation sites (tertiary alicyclic amines) is 1. The summed E-state index contributed by atoms with van der Waals surface area (Å²) in [7, 11) is 0. The molecule has 0 unspecified atom stereocenters. The minimum atomic E-state index is -0.810. The van der Waals surface area contributed by atoms with E-state index in [1.807, 2.05) is 12.1 Å². The number of H-pyrrole nitrogens is 1. The number of carbonyl (C=O) groups is 2. The van der Waals surface area contributed by atoms with Crippen molar-refractivity contribution >= 4 is 28.9 Å². The standard InChI is InChI=1S/C29H31F2N3O3/c30-21-13-18(14-22(31)16-21)5-8-27(35)33-23-7-6-20(15-23)28(29(36)37)34-11-9-19(10-12-34)25-17-32-26-4-2-1-3-24(25)26/h1-5,8,13-14,16-17,19-20,23,28,32H,6-7,9-12,15H2,(H,33,35)(H,36,37)/b8-5+/t20-,23+,28-/m1/s1. The lowest BCUT2D eigenvalue weighted by atomic mass is 9.87. The molecule has 0 bridgehead atoms. The summed E-state index contributed by atoms with van der Waals surface area (Å²) in [4.78, 5) is 30.1. The molecule has 2 aliphatic rings. The number of para-hydroxylation sites is 1. The van der Waals surface area contributed by atoms with Gasteiger partial charge < -0.3 is 15.4 Å². The van der Waals surface area contributed by atoms with Crippen LogP contribution in [-0.4, -0.2) is 52.0 Å². The summed E-state index contributed by atoms with van der Waals surface area (Å²) in [5, 5.41) is 14.3. The molecule has 1 aliphatic carbocycles. The maximum atomic E-state index is 13.3. The third kappa shape index (κ3) is 5.74. The van der Waals surface area contributed by atoms with Crippen LogP contribution in [0.2, 0.25) is 0 Å². The molecule has 1 saturated carbocycles. The first-order chi connectivity index (χ1) is 17.9. The number of carboxylic acids is 1. The highest BCUT2D eigenvalue weighted by molar-refractivity contribution is 5.92. The van der Waals surface area contributed by atoms with Gasteiger partial charge >= 0.3 is 5.97 Å². The molecule has 8 heteroatoms. The Morgan fingerprint density at radius 3 is 2.51 bits per heavy atom. The van der Waals surface area contributed by atoms with Gasteiger partial charge in [-0.05, 0) is 92.4 Å². The van der Waals surface area contributed by atoms with Crippen LogP contribution in [-0.2, 0) is 9.59 Å². The SMILES string of the molecule is O=C(/C=C/c1cc(F)cc(F)c1)N[C@H]1CC[C@@H]([C@H](C(=O)O)N2CCC(c3c[nH]c4ccccc34)CC2)C1. The maximum absolute atomic E-state index is 13.3. The Morgan fingerprint density at radius 2 is 1.78 bits per heavy atom. The van der Waals surface area contributed by atoms with E-state index in [-0.39, 0.29) is 23.4 Å². The van der Waals surface area contributed by atoms with Crippen LogP contribution in [0.5, 0.6) is 0 Å². The van der Waals surface area contributed by atoms with Crippen LogP contribution in [0, 0.1) is 17.6 Å². The van der Waals surface area contributed by atoms with Gasteiger partial charge in [0.1, 0.15) is 17.7 Å². The van der Waals surface area contributed by atoms with Crippen molar-refractivity contribution in [1.29, 1.82) is 0 Å². The molecule has 0 spiro atoms. The normalized spacial score (nSPS) is 22.0. The zero-order valence-corrected chi connectivity index (χ0v) is 20.5. The van der Waals surface area contributed by atoms with Gasteiger partial charge in [0.15, 0.2) is 0 Å². The molecule has 2 aromatic carbocycles. The molecule has 1 aromatic heterocycles. The van der Waals surface area contributed by atoms with E-state index >= 15 is 0 Å². The smallest absolute Gasteiger partial charge is 0.321 e.